The van der Waals surface area contributed by atoms with Crippen molar-refractivity contribution in [2.75, 3.05) is 0 Å². The molecule has 0 saturated heterocycles. The summed E-state index contributed by atoms with van der Waals surface area (Å²) in [5, 5.41) is 0. The first-order chi connectivity index (χ1) is 11.9. The Hall–Kier alpha value is -2.74. The summed E-state index contributed by atoms with van der Waals surface area (Å²) in [5.41, 5.74) is 3.73. The topological polar surface area (TPSA) is 18.5 Å². The standard InChI is InChI=1S/C22H20O2/c1-3-8-17(9-4-1)16-23-21-13-7-12-19-20(21)14-15-22(19)24-18-10-5-2-6-11-18/h1-13,22H,14-16H2. The fourth-order valence-electron chi connectivity index (χ4n) is 3.24. The molecule has 0 aromatic heterocycles. The van der Waals surface area contributed by atoms with E-state index in [0.717, 1.165) is 24.3 Å². The molecule has 0 amide bonds. The smallest absolute Gasteiger partial charge is 0.124 e. The SMILES string of the molecule is c1ccc(COc2cccc3c2CCC3Oc2ccccc2)cc1. The third-order valence-electron chi connectivity index (χ3n) is 4.43. The van der Waals surface area contributed by atoms with Gasteiger partial charge in [-0.15, -0.1) is 0 Å². The van der Waals surface area contributed by atoms with E-state index in [1.54, 1.807) is 0 Å². The maximum Gasteiger partial charge on any atom is 0.124 e. The van der Waals surface area contributed by atoms with Gasteiger partial charge < -0.3 is 9.47 Å². The Morgan fingerprint density at radius 3 is 2.33 bits per heavy atom. The predicted molar refractivity (Wildman–Crippen MR) is 95.3 cm³/mol. The quantitative estimate of drug-likeness (QED) is 0.633. The zero-order valence-corrected chi connectivity index (χ0v) is 13.5. The van der Waals surface area contributed by atoms with Crippen LogP contribution in [0.25, 0.3) is 0 Å². The number of hydrogen-bond donors (Lipinski definition) is 0. The van der Waals surface area contributed by atoms with Gasteiger partial charge in [-0.1, -0.05) is 60.7 Å². The molecule has 3 aromatic carbocycles. The predicted octanol–water partition coefficient (Wildman–Crippen LogP) is 5.33. The highest BCUT2D eigenvalue weighted by atomic mass is 16.5. The summed E-state index contributed by atoms with van der Waals surface area (Å²) in [6.45, 7) is 0.599. The van der Waals surface area contributed by atoms with E-state index in [2.05, 4.69) is 30.3 Å². The van der Waals surface area contributed by atoms with Crippen LogP contribution in [-0.2, 0) is 13.0 Å². The molecule has 0 N–H and O–H groups in total. The van der Waals surface area contributed by atoms with Gasteiger partial charge in [-0.05, 0) is 42.2 Å². The molecule has 24 heavy (non-hydrogen) atoms. The van der Waals surface area contributed by atoms with E-state index >= 15 is 0 Å². The minimum absolute atomic E-state index is 0.114. The summed E-state index contributed by atoms with van der Waals surface area (Å²) < 4.78 is 12.2. The van der Waals surface area contributed by atoms with Gasteiger partial charge in [-0.2, -0.15) is 0 Å². The number of rotatable bonds is 5. The van der Waals surface area contributed by atoms with Crippen LogP contribution in [0, 0.1) is 0 Å². The van der Waals surface area contributed by atoms with Gasteiger partial charge >= 0.3 is 0 Å². The molecule has 0 spiro atoms. The van der Waals surface area contributed by atoms with Crippen LogP contribution in [0.5, 0.6) is 11.5 Å². The maximum absolute atomic E-state index is 6.16. The lowest BCUT2D eigenvalue weighted by atomic mass is 10.1. The van der Waals surface area contributed by atoms with Crippen molar-refractivity contribution in [3.8, 4) is 11.5 Å². The largest absolute Gasteiger partial charge is 0.489 e. The summed E-state index contributed by atoms with van der Waals surface area (Å²) >= 11 is 0. The average Bonchev–Trinajstić information content (AvgIpc) is 3.05. The van der Waals surface area contributed by atoms with Crippen molar-refractivity contribution in [3.05, 3.63) is 95.6 Å². The molecule has 2 heteroatoms. The molecule has 0 heterocycles. The summed E-state index contributed by atoms with van der Waals surface area (Å²) in [6, 6.07) is 26.6. The Balaban J connectivity index is 1.51. The van der Waals surface area contributed by atoms with Crippen LogP contribution < -0.4 is 9.47 Å². The highest BCUT2D eigenvalue weighted by molar-refractivity contribution is 5.45. The third kappa shape index (κ3) is 3.13. The maximum atomic E-state index is 6.16. The second kappa shape index (κ2) is 6.79. The van der Waals surface area contributed by atoms with Crippen LogP contribution in [0.2, 0.25) is 0 Å². The monoisotopic (exact) mass is 316 g/mol. The van der Waals surface area contributed by atoms with E-state index in [4.69, 9.17) is 9.47 Å². The molecule has 1 aliphatic rings. The number of para-hydroxylation sites is 1. The number of fused-ring (bicyclic) bond motifs is 1. The van der Waals surface area contributed by atoms with Gasteiger partial charge in [0.25, 0.3) is 0 Å². The molecule has 0 radical (unpaired) electrons. The van der Waals surface area contributed by atoms with E-state index in [9.17, 15) is 0 Å². The molecule has 0 fully saturated rings. The van der Waals surface area contributed by atoms with Gasteiger partial charge in [-0.3, -0.25) is 0 Å². The Kier molecular flexibility index (Phi) is 4.20. The summed E-state index contributed by atoms with van der Waals surface area (Å²) in [4.78, 5) is 0. The lowest BCUT2D eigenvalue weighted by Gasteiger charge is -2.16. The zero-order valence-electron chi connectivity index (χ0n) is 13.5. The fraction of sp³-hybridized carbons (Fsp3) is 0.182. The molecule has 120 valence electrons. The van der Waals surface area contributed by atoms with Crippen LogP contribution in [-0.4, -0.2) is 0 Å². The van der Waals surface area contributed by atoms with Gasteiger partial charge in [0.15, 0.2) is 0 Å². The first kappa shape index (κ1) is 14.8. The van der Waals surface area contributed by atoms with Crippen molar-refractivity contribution >= 4 is 0 Å². The lowest BCUT2D eigenvalue weighted by molar-refractivity contribution is 0.207. The Morgan fingerprint density at radius 2 is 1.54 bits per heavy atom. The van der Waals surface area contributed by atoms with E-state index in [0.29, 0.717) is 6.61 Å². The summed E-state index contributed by atoms with van der Waals surface area (Å²) in [5.74, 6) is 1.90. The third-order valence-corrected chi connectivity index (χ3v) is 4.43. The minimum Gasteiger partial charge on any atom is -0.489 e. The highest BCUT2D eigenvalue weighted by Gasteiger charge is 2.26. The Bertz CT molecular complexity index is 797. The van der Waals surface area contributed by atoms with Crippen molar-refractivity contribution in [3.63, 3.8) is 0 Å². The molecule has 1 aliphatic carbocycles. The van der Waals surface area contributed by atoms with Gasteiger partial charge in [0.05, 0.1) is 0 Å². The lowest BCUT2D eigenvalue weighted by Crippen LogP contribution is -2.03. The number of hydrogen-bond acceptors (Lipinski definition) is 2. The minimum atomic E-state index is 0.114. The molecule has 4 rings (SSSR count). The van der Waals surface area contributed by atoms with Crippen LogP contribution in [0.3, 0.4) is 0 Å². The van der Waals surface area contributed by atoms with Crippen LogP contribution in [0.1, 0.15) is 29.2 Å². The molecule has 0 bridgehead atoms. The van der Waals surface area contributed by atoms with Crippen LogP contribution in [0.15, 0.2) is 78.9 Å². The van der Waals surface area contributed by atoms with Crippen LogP contribution >= 0.6 is 0 Å². The van der Waals surface area contributed by atoms with Crippen molar-refractivity contribution < 1.29 is 9.47 Å². The highest BCUT2D eigenvalue weighted by Crippen LogP contribution is 2.39. The van der Waals surface area contributed by atoms with E-state index in [1.807, 2.05) is 48.5 Å². The van der Waals surface area contributed by atoms with Gasteiger partial charge in [0, 0.05) is 5.56 Å². The van der Waals surface area contributed by atoms with Crippen LogP contribution in [0.4, 0.5) is 0 Å². The van der Waals surface area contributed by atoms with Gasteiger partial charge in [0.1, 0.15) is 24.2 Å². The molecule has 0 aliphatic heterocycles. The molecule has 1 unspecified atom stereocenters. The van der Waals surface area contributed by atoms with E-state index in [1.165, 1.54) is 16.7 Å². The van der Waals surface area contributed by atoms with Gasteiger partial charge in [0.2, 0.25) is 0 Å². The van der Waals surface area contributed by atoms with Crippen molar-refractivity contribution in [1.29, 1.82) is 0 Å². The zero-order chi connectivity index (χ0) is 16.2. The normalized spacial score (nSPS) is 15.8. The van der Waals surface area contributed by atoms with E-state index < -0.39 is 0 Å². The van der Waals surface area contributed by atoms with Crippen molar-refractivity contribution in [2.24, 2.45) is 0 Å². The molecule has 1 atom stereocenters. The Labute approximate surface area is 142 Å². The molecule has 3 aromatic rings. The average molecular weight is 316 g/mol. The molecular formula is C22H20O2. The number of ether oxygens (including phenoxy) is 2. The molecule has 0 saturated carbocycles. The number of benzene rings is 3. The van der Waals surface area contributed by atoms with Crippen molar-refractivity contribution in [2.45, 2.75) is 25.6 Å². The van der Waals surface area contributed by atoms with Crippen molar-refractivity contribution in [1.82, 2.24) is 0 Å². The first-order valence-corrected chi connectivity index (χ1v) is 8.40. The van der Waals surface area contributed by atoms with Gasteiger partial charge in [-0.25, -0.2) is 0 Å². The first-order valence-electron chi connectivity index (χ1n) is 8.40. The molecule has 2 nitrogen and oxygen atoms in total. The summed E-state index contributed by atoms with van der Waals surface area (Å²) in [7, 11) is 0. The molecular weight excluding hydrogens is 296 g/mol. The fourth-order valence-corrected chi connectivity index (χ4v) is 3.24. The second-order valence-corrected chi connectivity index (χ2v) is 6.06. The Morgan fingerprint density at radius 1 is 0.792 bits per heavy atom. The van der Waals surface area contributed by atoms with E-state index in [-0.39, 0.29) is 6.10 Å². The summed E-state index contributed by atoms with van der Waals surface area (Å²) in [6.07, 6.45) is 2.11. The second-order valence-electron chi connectivity index (χ2n) is 6.06.